The summed E-state index contributed by atoms with van der Waals surface area (Å²) < 4.78 is 5.72. The van der Waals surface area contributed by atoms with Gasteiger partial charge in [-0.25, -0.2) is 4.79 Å². The van der Waals surface area contributed by atoms with Crippen molar-refractivity contribution in [3.63, 3.8) is 0 Å². The van der Waals surface area contributed by atoms with E-state index >= 15 is 0 Å². The van der Waals surface area contributed by atoms with Gasteiger partial charge in [0.15, 0.2) is 6.10 Å². The molecule has 0 aromatic heterocycles. The van der Waals surface area contributed by atoms with E-state index in [0.29, 0.717) is 18.1 Å². The van der Waals surface area contributed by atoms with Crippen molar-refractivity contribution in [2.45, 2.75) is 46.1 Å². The third-order valence-electron chi connectivity index (χ3n) is 3.82. The Morgan fingerprint density at radius 1 is 1.04 bits per heavy atom. The number of aryl methyl sites for hydroxylation is 2. The van der Waals surface area contributed by atoms with Crippen molar-refractivity contribution < 1.29 is 14.6 Å². The van der Waals surface area contributed by atoms with Gasteiger partial charge < -0.3 is 9.84 Å². The first-order chi connectivity index (χ1) is 10.8. The molecule has 0 amide bonds. The van der Waals surface area contributed by atoms with Crippen molar-refractivity contribution in [1.82, 2.24) is 0 Å². The fraction of sp³-hybridized carbons (Fsp3) is 0.350. The van der Waals surface area contributed by atoms with Crippen LogP contribution in [0.25, 0.3) is 0 Å². The summed E-state index contributed by atoms with van der Waals surface area (Å²) >= 11 is 0. The molecule has 0 saturated carbocycles. The summed E-state index contributed by atoms with van der Waals surface area (Å²) in [4.78, 5) is 11.5. The Morgan fingerprint density at radius 2 is 1.61 bits per heavy atom. The minimum absolute atomic E-state index is 0.348. The first-order valence-electron chi connectivity index (χ1n) is 7.91. The second-order valence-corrected chi connectivity index (χ2v) is 6.37. The highest BCUT2D eigenvalue weighted by Crippen LogP contribution is 2.20. The molecule has 1 atom stereocenters. The van der Waals surface area contributed by atoms with Crippen LogP contribution in [0, 0.1) is 13.8 Å². The highest BCUT2D eigenvalue weighted by molar-refractivity contribution is 5.73. The van der Waals surface area contributed by atoms with Crippen LogP contribution in [0.1, 0.15) is 42.0 Å². The third kappa shape index (κ3) is 4.85. The molecule has 2 aromatic carbocycles. The van der Waals surface area contributed by atoms with Crippen LogP contribution in [0.5, 0.6) is 5.75 Å². The molecule has 0 spiro atoms. The first kappa shape index (κ1) is 17.1. The van der Waals surface area contributed by atoms with Crippen LogP contribution in [0.2, 0.25) is 0 Å². The predicted molar refractivity (Wildman–Crippen MR) is 92.2 cm³/mol. The van der Waals surface area contributed by atoms with Gasteiger partial charge in [0.1, 0.15) is 5.75 Å². The average Bonchev–Trinajstić information content (AvgIpc) is 2.46. The van der Waals surface area contributed by atoms with E-state index in [1.54, 1.807) is 0 Å². The summed E-state index contributed by atoms with van der Waals surface area (Å²) in [5.74, 6) is 0.122. The minimum Gasteiger partial charge on any atom is -0.478 e. The molecule has 23 heavy (non-hydrogen) atoms. The molecule has 1 unspecified atom stereocenters. The molecule has 3 nitrogen and oxygen atoms in total. The van der Waals surface area contributed by atoms with Gasteiger partial charge in [-0.05, 0) is 54.2 Å². The van der Waals surface area contributed by atoms with E-state index in [9.17, 15) is 9.90 Å². The number of aliphatic carboxylic acids is 1. The van der Waals surface area contributed by atoms with E-state index in [1.807, 2.05) is 44.2 Å². The molecule has 0 saturated heterocycles. The van der Waals surface area contributed by atoms with Gasteiger partial charge in [0.05, 0.1) is 0 Å². The summed E-state index contributed by atoms with van der Waals surface area (Å²) in [7, 11) is 0. The Balaban J connectivity index is 2.13. The largest absolute Gasteiger partial charge is 0.478 e. The van der Waals surface area contributed by atoms with Crippen LogP contribution in [-0.2, 0) is 11.2 Å². The number of ether oxygens (including phenoxy) is 1. The number of carboxylic acid groups (broad SMARTS) is 1. The second kappa shape index (κ2) is 7.32. The Bertz CT molecular complexity index is 652. The summed E-state index contributed by atoms with van der Waals surface area (Å²) in [6.45, 7) is 8.22. The van der Waals surface area contributed by atoms with Crippen LogP contribution in [-0.4, -0.2) is 17.2 Å². The quantitative estimate of drug-likeness (QED) is 0.854. The van der Waals surface area contributed by atoms with E-state index < -0.39 is 12.1 Å². The molecule has 3 heteroatoms. The van der Waals surface area contributed by atoms with Crippen molar-refractivity contribution in [2.75, 3.05) is 0 Å². The van der Waals surface area contributed by atoms with Gasteiger partial charge in [-0.15, -0.1) is 0 Å². The van der Waals surface area contributed by atoms with Crippen molar-refractivity contribution >= 4 is 5.97 Å². The van der Waals surface area contributed by atoms with Crippen LogP contribution in [0.3, 0.4) is 0 Å². The smallest absolute Gasteiger partial charge is 0.345 e. The van der Waals surface area contributed by atoms with Crippen molar-refractivity contribution in [1.29, 1.82) is 0 Å². The lowest BCUT2D eigenvalue weighted by Gasteiger charge is -2.16. The highest BCUT2D eigenvalue weighted by atomic mass is 16.5. The number of carboxylic acids is 1. The molecule has 2 rings (SSSR count). The lowest BCUT2D eigenvalue weighted by molar-refractivity contribution is -0.145. The number of benzene rings is 2. The zero-order valence-corrected chi connectivity index (χ0v) is 14.2. The Hall–Kier alpha value is -2.29. The molecule has 0 fully saturated rings. The van der Waals surface area contributed by atoms with Crippen molar-refractivity contribution in [3.8, 4) is 5.75 Å². The molecular weight excluding hydrogens is 288 g/mol. The van der Waals surface area contributed by atoms with E-state index in [1.165, 1.54) is 5.56 Å². The third-order valence-corrected chi connectivity index (χ3v) is 3.82. The Kier molecular flexibility index (Phi) is 5.43. The van der Waals surface area contributed by atoms with Gasteiger partial charge in [0.25, 0.3) is 0 Å². The zero-order chi connectivity index (χ0) is 17.0. The van der Waals surface area contributed by atoms with Crippen molar-refractivity contribution in [3.05, 3.63) is 64.7 Å². The van der Waals surface area contributed by atoms with Crippen LogP contribution in [0.15, 0.2) is 42.5 Å². The van der Waals surface area contributed by atoms with E-state index in [0.717, 1.165) is 16.7 Å². The zero-order valence-electron chi connectivity index (χ0n) is 14.2. The number of rotatable bonds is 6. The maximum Gasteiger partial charge on any atom is 0.345 e. The normalized spacial score (nSPS) is 12.2. The van der Waals surface area contributed by atoms with Crippen LogP contribution >= 0.6 is 0 Å². The number of hydrogen-bond acceptors (Lipinski definition) is 2. The van der Waals surface area contributed by atoms with Gasteiger partial charge in [0, 0.05) is 6.42 Å². The van der Waals surface area contributed by atoms with Gasteiger partial charge in [-0.3, -0.25) is 0 Å². The summed E-state index contributed by atoms with van der Waals surface area (Å²) in [6.07, 6.45) is -0.540. The topological polar surface area (TPSA) is 46.5 Å². The molecule has 0 radical (unpaired) electrons. The summed E-state index contributed by atoms with van der Waals surface area (Å²) in [6, 6.07) is 13.8. The Labute approximate surface area is 137 Å². The van der Waals surface area contributed by atoms with Gasteiger partial charge in [-0.2, -0.15) is 0 Å². The van der Waals surface area contributed by atoms with Gasteiger partial charge in [0.2, 0.25) is 0 Å². The van der Waals surface area contributed by atoms with Gasteiger partial charge in [-0.1, -0.05) is 44.2 Å². The molecule has 0 aliphatic heterocycles. The second-order valence-electron chi connectivity index (χ2n) is 6.37. The maximum atomic E-state index is 11.5. The van der Waals surface area contributed by atoms with E-state index in [2.05, 4.69) is 26.0 Å². The molecular formula is C20H24O3. The monoisotopic (exact) mass is 312 g/mol. The summed E-state index contributed by atoms with van der Waals surface area (Å²) in [5.41, 5.74) is 4.33. The fourth-order valence-electron chi connectivity index (χ4n) is 2.60. The van der Waals surface area contributed by atoms with Gasteiger partial charge >= 0.3 is 5.97 Å². The lowest BCUT2D eigenvalue weighted by atomic mass is 9.99. The molecule has 0 bridgehead atoms. The molecule has 0 aliphatic carbocycles. The average molecular weight is 312 g/mol. The van der Waals surface area contributed by atoms with Crippen molar-refractivity contribution in [2.24, 2.45) is 0 Å². The SMILES string of the molecule is Cc1cc(C)cc(OC(Cc2ccc(C(C)C)cc2)C(=O)O)c1. The molecule has 122 valence electrons. The molecule has 0 heterocycles. The summed E-state index contributed by atoms with van der Waals surface area (Å²) in [5, 5.41) is 9.45. The molecule has 1 N–H and O–H groups in total. The first-order valence-corrected chi connectivity index (χ1v) is 7.91. The maximum absolute atomic E-state index is 11.5. The Morgan fingerprint density at radius 3 is 2.09 bits per heavy atom. The standard InChI is InChI=1S/C20H24O3/c1-13(2)17-7-5-16(6-8-17)12-19(20(21)22)23-18-10-14(3)9-15(4)11-18/h5-11,13,19H,12H2,1-4H3,(H,21,22). The predicted octanol–water partition coefficient (Wildman–Crippen LogP) is 4.50. The van der Waals surface area contributed by atoms with E-state index in [-0.39, 0.29) is 0 Å². The minimum atomic E-state index is -0.947. The highest BCUT2D eigenvalue weighted by Gasteiger charge is 2.20. The molecule has 2 aromatic rings. The van der Waals surface area contributed by atoms with Crippen LogP contribution in [0.4, 0.5) is 0 Å². The van der Waals surface area contributed by atoms with E-state index in [4.69, 9.17) is 4.74 Å². The number of hydrogen-bond donors (Lipinski definition) is 1. The fourth-order valence-corrected chi connectivity index (χ4v) is 2.60. The number of carbonyl (C=O) groups is 1. The van der Waals surface area contributed by atoms with Crippen LogP contribution < -0.4 is 4.74 Å². The molecule has 0 aliphatic rings. The lowest BCUT2D eigenvalue weighted by Crippen LogP contribution is -2.29.